The second-order valence-corrected chi connectivity index (χ2v) is 6.46. The van der Waals surface area contributed by atoms with Gasteiger partial charge in [-0.1, -0.05) is 25.3 Å². The Morgan fingerprint density at radius 3 is 2.77 bits per heavy atom. The van der Waals surface area contributed by atoms with E-state index in [1.165, 1.54) is 32.1 Å². The molecule has 0 saturated heterocycles. The van der Waals surface area contributed by atoms with Gasteiger partial charge in [0.05, 0.1) is 0 Å². The van der Waals surface area contributed by atoms with E-state index < -0.39 is 0 Å². The average molecular weight is 303 g/mol. The predicted octanol–water partition coefficient (Wildman–Crippen LogP) is 2.96. The number of nitrogens with one attached hydrogen (secondary N) is 1. The Morgan fingerprint density at radius 2 is 2.05 bits per heavy atom. The summed E-state index contributed by atoms with van der Waals surface area (Å²) >= 11 is 0. The molecule has 0 aliphatic heterocycles. The molecule has 4 heteroatoms. The third-order valence-corrected chi connectivity index (χ3v) is 4.68. The quantitative estimate of drug-likeness (QED) is 0.627. The van der Waals surface area contributed by atoms with Gasteiger partial charge in [-0.2, -0.15) is 0 Å². The summed E-state index contributed by atoms with van der Waals surface area (Å²) in [6.45, 7) is 3.69. The maximum atomic E-state index is 12.2. The van der Waals surface area contributed by atoms with Gasteiger partial charge in [0.1, 0.15) is 0 Å². The number of anilines is 1. The van der Waals surface area contributed by atoms with Crippen molar-refractivity contribution in [2.24, 2.45) is 0 Å². The molecule has 0 aromatic heterocycles. The first kappa shape index (κ1) is 16.8. The average Bonchev–Trinajstić information content (AvgIpc) is 2.54. The predicted molar refractivity (Wildman–Crippen MR) is 92.0 cm³/mol. The van der Waals surface area contributed by atoms with Gasteiger partial charge < -0.3 is 16.0 Å². The van der Waals surface area contributed by atoms with Gasteiger partial charge >= 0.3 is 0 Å². The monoisotopic (exact) mass is 303 g/mol. The van der Waals surface area contributed by atoms with Crippen molar-refractivity contribution < 1.29 is 4.79 Å². The maximum absolute atomic E-state index is 12.2. The molecule has 22 heavy (non-hydrogen) atoms. The Kier molecular flexibility index (Phi) is 6.25. The fourth-order valence-corrected chi connectivity index (χ4v) is 3.21. The van der Waals surface area contributed by atoms with Crippen LogP contribution in [-0.2, 0) is 0 Å². The highest BCUT2D eigenvalue weighted by molar-refractivity contribution is 5.96. The van der Waals surface area contributed by atoms with E-state index in [-0.39, 0.29) is 5.91 Å². The number of hydrogen-bond donors (Lipinski definition) is 2. The highest BCUT2D eigenvalue weighted by Gasteiger charge is 2.17. The van der Waals surface area contributed by atoms with Gasteiger partial charge in [0.15, 0.2) is 0 Å². The molecule has 1 aromatic rings. The Balaban J connectivity index is 1.71. The summed E-state index contributed by atoms with van der Waals surface area (Å²) in [7, 11) is 2.21. The lowest BCUT2D eigenvalue weighted by Gasteiger charge is -2.31. The highest BCUT2D eigenvalue weighted by Crippen LogP contribution is 2.21. The van der Waals surface area contributed by atoms with Gasteiger partial charge in [-0.15, -0.1) is 0 Å². The van der Waals surface area contributed by atoms with Crippen molar-refractivity contribution >= 4 is 11.6 Å². The second-order valence-electron chi connectivity index (χ2n) is 6.46. The third kappa shape index (κ3) is 4.73. The Labute approximate surface area is 134 Å². The molecule has 1 aliphatic carbocycles. The number of carbonyl (C=O) groups excluding carboxylic acids is 1. The molecule has 1 aliphatic rings. The molecule has 0 atom stereocenters. The van der Waals surface area contributed by atoms with Crippen LogP contribution in [0.5, 0.6) is 0 Å². The number of rotatable bonds is 6. The zero-order valence-corrected chi connectivity index (χ0v) is 13.9. The molecule has 3 N–H and O–H groups in total. The van der Waals surface area contributed by atoms with Crippen molar-refractivity contribution in [3.05, 3.63) is 29.3 Å². The number of nitrogens with two attached hydrogens (primary N) is 1. The van der Waals surface area contributed by atoms with Crippen molar-refractivity contribution in [1.29, 1.82) is 0 Å². The van der Waals surface area contributed by atoms with Gasteiger partial charge in [-0.05, 0) is 57.5 Å². The minimum atomic E-state index is -0.0230. The van der Waals surface area contributed by atoms with E-state index in [9.17, 15) is 4.79 Å². The first-order valence-electron chi connectivity index (χ1n) is 8.42. The smallest absolute Gasteiger partial charge is 0.251 e. The molecule has 122 valence electrons. The first-order valence-corrected chi connectivity index (χ1v) is 8.42. The number of nitrogen functional groups attached to an aromatic ring is 1. The summed E-state index contributed by atoms with van der Waals surface area (Å²) in [4.78, 5) is 14.6. The molecule has 0 spiro atoms. The van der Waals surface area contributed by atoms with Crippen molar-refractivity contribution in [2.45, 2.75) is 51.5 Å². The molecule has 1 aromatic carbocycles. The Morgan fingerprint density at radius 1 is 1.32 bits per heavy atom. The summed E-state index contributed by atoms with van der Waals surface area (Å²) in [5, 5.41) is 3.00. The number of carbonyl (C=O) groups is 1. The van der Waals surface area contributed by atoms with Crippen LogP contribution in [0.15, 0.2) is 18.2 Å². The van der Waals surface area contributed by atoms with Gasteiger partial charge in [-0.25, -0.2) is 0 Å². The van der Waals surface area contributed by atoms with Gasteiger partial charge in [0.25, 0.3) is 5.91 Å². The molecule has 0 bridgehead atoms. The third-order valence-electron chi connectivity index (χ3n) is 4.68. The number of hydrogen-bond acceptors (Lipinski definition) is 3. The van der Waals surface area contributed by atoms with Crippen LogP contribution in [-0.4, -0.2) is 37.0 Å². The van der Waals surface area contributed by atoms with Gasteiger partial charge in [-0.3, -0.25) is 4.79 Å². The van der Waals surface area contributed by atoms with Crippen LogP contribution >= 0.6 is 0 Å². The van der Waals surface area contributed by atoms with Crippen molar-refractivity contribution in [1.82, 2.24) is 10.2 Å². The lowest BCUT2D eigenvalue weighted by Crippen LogP contribution is -2.35. The molecular weight excluding hydrogens is 274 g/mol. The van der Waals surface area contributed by atoms with Crippen LogP contribution in [0, 0.1) is 6.92 Å². The standard InChI is InChI=1S/C18H29N3O/c1-14-9-10-15(19)13-17(14)18(22)20-11-6-12-21(2)16-7-4-3-5-8-16/h9-10,13,16H,3-8,11-12,19H2,1-2H3,(H,20,22). The summed E-state index contributed by atoms with van der Waals surface area (Å²) in [5.74, 6) is -0.0230. The molecule has 1 amide bonds. The summed E-state index contributed by atoms with van der Waals surface area (Å²) in [6, 6.07) is 6.20. The molecule has 0 heterocycles. The normalized spacial score (nSPS) is 16.0. The minimum absolute atomic E-state index is 0.0230. The van der Waals surface area contributed by atoms with Crippen molar-refractivity contribution in [3.8, 4) is 0 Å². The fourth-order valence-electron chi connectivity index (χ4n) is 3.21. The van der Waals surface area contributed by atoms with E-state index in [4.69, 9.17) is 5.73 Å². The number of nitrogens with zero attached hydrogens (tertiary/aromatic N) is 1. The minimum Gasteiger partial charge on any atom is -0.399 e. The van der Waals surface area contributed by atoms with E-state index in [0.29, 0.717) is 17.8 Å². The summed E-state index contributed by atoms with van der Waals surface area (Å²) in [5.41, 5.74) is 8.03. The highest BCUT2D eigenvalue weighted by atomic mass is 16.1. The SMILES string of the molecule is Cc1ccc(N)cc1C(=O)NCCCN(C)C1CCCCC1. The van der Waals surface area contributed by atoms with Crippen LogP contribution in [0.4, 0.5) is 5.69 Å². The zero-order chi connectivity index (χ0) is 15.9. The van der Waals surface area contributed by atoms with E-state index in [0.717, 1.165) is 24.6 Å². The molecular formula is C18H29N3O. The van der Waals surface area contributed by atoms with Gasteiger partial charge in [0, 0.05) is 23.8 Å². The number of benzene rings is 1. The molecule has 2 rings (SSSR count). The lowest BCUT2D eigenvalue weighted by atomic mass is 9.94. The molecule has 1 fully saturated rings. The Bertz CT molecular complexity index is 495. The topological polar surface area (TPSA) is 58.4 Å². The summed E-state index contributed by atoms with van der Waals surface area (Å²) in [6.07, 6.45) is 7.75. The van der Waals surface area contributed by atoms with Crippen LogP contribution in [0.2, 0.25) is 0 Å². The first-order chi connectivity index (χ1) is 10.6. The van der Waals surface area contributed by atoms with Crippen LogP contribution in [0.1, 0.15) is 54.4 Å². The van der Waals surface area contributed by atoms with Crippen LogP contribution in [0.25, 0.3) is 0 Å². The van der Waals surface area contributed by atoms with E-state index >= 15 is 0 Å². The molecule has 4 nitrogen and oxygen atoms in total. The van der Waals surface area contributed by atoms with E-state index in [1.54, 1.807) is 6.07 Å². The lowest BCUT2D eigenvalue weighted by molar-refractivity contribution is 0.0950. The maximum Gasteiger partial charge on any atom is 0.251 e. The Hall–Kier alpha value is -1.55. The molecule has 0 radical (unpaired) electrons. The van der Waals surface area contributed by atoms with Crippen LogP contribution in [0.3, 0.4) is 0 Å². The van der Waals surface area contributed by atoms with Gasteiger partial charge in [0.2, 0.25) is 0 Å². The summed E-state index contributed by atoms with van der Waals surface area (Å²) < 4.78 is 0. The second kappa shape index (κ2) is 8.18. The van der Waals surface area contributed by atoms with Crippen molar-refractivity contribution in [3.63, 3.8) is 0 Å². The fraction of sp³-hybridized carbons (Fsp3) is 0.611. The van der Waals surface area contributed by atoms with E-state index in [2.05, 4.69) is 17.3 Å². The zero-order valence-electron chi connectivity index (χ0n) is 13.9. The van der Waals surface area contributed by atoms with Crippen LogP contribution < -0.4 is 11.1 Å². The number of amides is 1. The van der Waals surface area contributed by atoms with E-state index in [1.807, 2.05) is 19.1 Å². The van der Waals surface area contributed by atoms with Crippen molar-refractivity contribution in [2.75, 3.05) is 25.9 Å². The molecule has 1 saturated carbocycles. The number of aryl methyl sites for hydroxylation is 1. The largest absolute Gasteiger partial charge is 0.399 e. The molecule has 0 unspecified atom stereocenters.